The number of benzene rings is 2. The van der Waals surface area contributed by atoms with Gasteiger partial charge in [0.05, 0.1) is 0 Å². The van der Waals surface area contributed by atoms with Gasteiger partial charge in [-0.2, -0.15) is 0 Å². The number of fused-ring (bicyclic) bond motifs is 1. The summed E-state index contributed by atoms with van der Waals surface area (Å²) in [5, 5.41) is 5.62. The molecule has 0 radical (unpaired) electrons. The van der Waals surface area contributed by atoms with E-state index in [1.807, 2.05) is 42.5 Å². The van der Waals surface area contributed by atoms with Crippen LogP contribution < -0.4 is 10.6 Å². The van der Waals surface area contributed by atoms with Crippen molar-refractivity contribution in [1.82, 2.24) is 5.32 Å². The Balaban J connectivity index is 1.43. The first-order valence-electron chi connectivity index (χ1n) is 8.07. The minimum absolute atomic E-state index is 0.0677. The molecule has 0 aromatic heterocycles. The average Bonchev–Trinajstić information content (AvgIpc) is 2.61. The van der Waals surface area contributed by atoms with Crippen LogP contribution in [0.3, 0.4) is 0 Å². The van der Waals surface area contributed by atoms with Gasteiger partial charge in [-0.05, 0) is 35.6 Å². The highest BCUT2D eigenvalue weighted by Crippen LogP contribution is 2.23. The zero-order valence-corrected chi connectivity index (χ0v) is 13.4. The van der Waals surface area contributed by atoms with Gasteiger partial charge >= 0.3 is 6.09 Å². The van der Waals surface area contributed by atoms with Gasteiger partial charge in [0, 0.05) is 18.7 Å². The van der Waals surface area contributed by atoms with Gasteiger partial charge in [-0.1, -0.05) is 42.5 Å². The van der Waals surface area contributed by atoms with Crippen LogP contribution in [0.1, 0.15) is 23.1 Å². The van der Waals surface area contributed by atoms with Gasteiger partial charge in [0.1, 0.15) is 6.61 Å². The maximum Gasteiger partial charge on any atom is 0.407 e. The summed E-state index contributed by atoms with van der Waals surface area (Å²) in [5.74, 6) is 0.0677. The topological polar surface area (TPSA) is 67.4 Å². The molecule has 24 heavy (non-hydrogen) atoms. The van der Waals surface area contributed by atoms with E-state index in [1.54, 1.807) is 0 Å². The van der Waals surface area contributed by atoms with Gasteiger partial charge in [-0.3, -0.25) is 4.79 Å². The molecule has 2 N–H and O–H groups in total. The number of carbonyl (C=O) groups is 2. The second-order valence-electron chi connectivity index (χ2n) is 5.78. The van der Waals surface area contributed by atoms with Crippen molar-refractivity contribution in [3.05, 3.63) is 65.2 Å². The lowest BCUT2D eigenvalue weighted by molar-refractivity contribution is -0.116. The van der Waals surface area contributed by atoms with E-state index in [4.69, 9.17) is 4.74 Å². The Morgan fingerprint density at radius 2 is 1.92 bits per heavy atom. The number of alkyl carbamates (subject to hydrolysis) is 1. The molecular weight excluding hydrogens is 304 g/mol. The Bertz CT molecular complexity index is 729. The third-order valence-electron chi connectivity index (χ3n) is 3.96. The fourth-order valence-corrected chi connectivity index (χ4v) is 2.68. The number of hydrogen-bond donors (Lipinski definition) is 2. The predicted molar refractivity (Wildman–Crippen MR) is 91.7 cm³/mol. The number of rotatable bonds is 5. The third-order valence-corrected chi connectivity index (χ3v) is 3.96. The van der Waals surface area contributed by atoms with Crippen molar-refractivity contribution in [2.24, 2.45) is 0 Å². The van der Waals surface area contributed by atoms with Gasteiger partial charge in [0.2, 0.25) is 5.91 Å². The van der Waals surface area contributed by atoms with Crippen molar-refractivity contribution in [1.29, 1.82) is 0 Å². The molecule has 1 heterocycles. The first-order valence-corrected chi connectivity index (χ1v) is 8.07. The number of nitrogens with one attached hydrogen (secondary N) is 2. The van der Waals surface area contributed by atoms with Crippen molar-refractivity contribution < 1.29 is 14.3 Å². The molecule has 0 saturated carbocycles. The molecule has 0 fully saturated rings. The van der Waals surface area contributed by atoms with E-state index in [9.17, 15) is 9.59 Å². The molecule has 2 amide bonds. The van der Waals surface area contributed by atoms with E-state index in [0.29, 0.717) is 13.0 Å². The van der Waals surface area contributed by atoms with E-state index < -0.39 is 6.09 Å². The molecule has 5 heteroatoms. The number of anilines is 1. The molecule has 1 aliphatic heterocycles. The molecule has 124 valence electrons. The number of amides is 2. The number of carbonyl (C=O) groups excluding carboxylic acids is 2. The van der Waals surface area contributed by atoms with Crippen LogP contribution in [0.25, 0.3) is 0 Å². The highest BCUT2D eigenvalue weighted by molar-refractivity contribution is 5.93. The van der Waals surface area contributed by atoms with Crippen LogP contribution >= 0.6 is 0 Å². The van der Waals surface area contributed by atoms with Crippen LogP contribution in [-0.2, 0) is 29.0 Å². The normalized spacial score (nSPS) is 12.9. The number of hydrogen-bond acceptors (Lipinski definition) is 3. The van der Waals surface area contributed by atoms with Crippen molar-refractivity contribution in [3.63, 3.8) is 0 Å². The molecule has 3 rings (SSSR count). The summed E-state index contributed by atoms with van der Waals surface area (Å²) in [7, 11) is 0. The van der Waals surface area contributed by atoms with Gasteiger partial charge in [0.15, 0.2) is 0 Å². The van der Waals surface area contributed by atoms with Crippen molar-refractivity contribution in [2.45, 2.75) is 25.9 Å². The first-order chi connectivity index (χ1) is 11.7. The lowest BCUT2D eigenvalue weighted by Gasteiger charge is -2.17. The Morgan fingerprint density at radius 1 is 1.08 bits per heavy atom. The van der Waals surface area contributed by atoms with Gasteiger partial charge in [-0.25, -0.2) is 4.79 Å². The minimum atomic E-state index is -0.413. The van der Waals surface area contributed by atoms with E-state index in [-0.39, 0.29) is 12.5 Å². The third kappa shape index (κ3) is 4.35. The van der Waals surface area contributed by atoms with Gasteiger partial charge in [-0.15, -0.1) is 0 Å². The standard InChI is InChI=1S/C19H20N2O3/c22-18-9-7-16-12-14(6-8-17(16)21-18)10-11-20-19(23)24-13-15-4-2-1-3-5-15/h1-6,8,12H,7,9-11,13H2,(H,20,23)(H,21,22). The SMILES string of the molecule is O=C1CCc2cc(CCNC(=O)OCc3ccccc3)ccc2N1. The van der Waals surface area contributed by atoms with Gasteiger partial charge in [0.25, 0.3) is 0 Å². The summed E-state index contributed by atoms with van der Waals surface area (Å²) in [4.78, 5) is 23.0. The molecule has 0 atom stereocenters. The van der Waals surface area contributed by atoms with Gasteiger partial charge < -0.3 is 15.4 Å². The molecule has 0 spiro atoms. The fraction of sp³-hybridized carbons (Fsp3) is 0.263. The zero-order valence-electron chi connectivity index (χ0n) is 13.4. The lowest BCUT2D eigenvalue weighted by atomic mass is 9.99. The molecule has 0 aliphatic carbocycles. The smallest absolute Gasteiger partial charge is 0.407 e. The Labute approximate surface area is 141 Å². The van der Waals surface area contributed by atoms with E-state index >= 15 is 0 Å². The number of aryl methyl sites for hydroxylation is 1. The number of ether oxygens (including phenoxy) is 1. The Morgan fingerprint density at radius 3 is 2.75 bits per heavy atom. The van der Waals surface area contributed by atoms with E-state index in [2.05, 4.69) is 16.7 Å². The molecule has 0 unspecified atom stereocenters. The second kappa shape index (κ2) is 7.64. The first kappa shape index (κ1) is 16.1. The summed E-state index contributed by atoms with van der Waals surface area (Å²) >= 11 is 0. The summed E-state index contributed by atoms with van der Waals surface area (Å²) in [6.45, 7) is 0.782. The molecule has 5 nitrogen and oxygen atoms in total. The van der Waals surface area contributed by atoms with E-state index in [1.165, 1.54) is 0 Å². The van der Waals surface area contributed by atoms with Crippen LogP contribution in [0.4, 0.5) is 10.5 Å². The Hall–Kier alpha value is -2.82. The fourth-order valence-electron chi connectivity index (χ4n) is 2.68. The molecule has 0 saturated heterocycles. The molecule has 0 bridgehead atoms. The highest BCUT2D eigenvalue weighted by atomic mass is 16.5. The van der Waals surface area contributed by atoms with Crippen molar-refractivity contribution in [2.75, 3.05) is 11.9 Å². The minimum Gasteiger partial charge on any atom is -0.445 e. The van der Waals surface area contributed by atoms with Crippen LogP contribution in [0.2, 0.25) is 0 Å². The second-order valence-corrected chi connectivity index (χ2v) is 5.78. The maximum atomic E-state index is 11.7. The van der Waals surface area contributed by atoms with Crippen LogP contribution in [0.15, 0.2) is 48.5 Å². The zero-order chi connectivity index (χ0) is 16.8. The quantitative estimate of drug-likeness (QED) is 0.888. The monoisotopic (exact) mass is 324 g/mol. The summed E-state index contributed by atoms with van der Waals surface area (Å²) in [6, 6.07) is 15.6. The molecule has 2 aromatic rings. The van der Waals surface area contributed by atoms with Crippen LogP contribution in [0.5, 0.6) is 0 Å². The van der Waals surface area contributed by atoms with Crippen LogP contribution in [0, 0.1) is 0 Å². The summed E-state index contributed by atoms with van der Waals surface area (Å²) in [5.41, 5.74) is 4.14. The highest BCUT2D eigenvalue weighted by Gasteiger charge is 2.14. The van der Waals surface area contributed by atoms with Crippen molar-refractivity contribution >= 4 is 17.7 Å². The largest absolute Gasteiger partial charge is 0.445 e. The predicted octanol–water partition coefficient (Wildman–Crippen LogP) is 3.04. The van der Waals surface area contributed by atoms with Crippen LogP contribution in [-0.4, -0.2) is 18.5 Å². The maximum absolute atomic E-state index is 11.7. The lowest BCUT2D eigenvalue weighted by Crippen LogP contribution is -2.26. The molecule has 1 aliphatic rings. The molecule has 2 aromatic carbocycles. The summed E-state index contributed by atoms with van der Waals surface area (Å²) in [6.07, 6.45) is 1.60. The van der Waals surface area contributed by atoms with E-state index in [0.717, 1.165) is 35.2 Å². The Kier molecular flexibility index (Phi) is 5.11. The average molecular weight is 324 g/mol. The van der Waals surface area contributed by atoms with Crippen molar-refractivity contribution in [3.8, 4) is 0 Å². The summed E-state index contributed by atoms with van der Waals surface area (Å²) < 4.78 is 5.17. The molecular formula is C19H20N2O3.